The van der Waals surface area contributed by atoms with Crippen LogP contribution in [0.2, 0.25) is 0 Å². The van der Waals surface area contributed by atoms with Gasteiger partial charge in [0.05, 0.1) is 5.60 Å². The average molecular weight is 190 g/mol. The number of carbonyl (C=O) groups is 1. The van der Waals surface area contributed by atoms with Crippen molar-refractivity contribution in [2.24, 2.45) is 0 Å². The molecule has 0 bridgehead atoms. The highest BCUT2D eigenvalue weighted by Gasteiger charge is 2.17. The van der Waals surface area contributed by atoms with Gasteiger partial charge >= 0.3 is 5.97 Å². The molecule has 0 aromatic heterocycles. The lowest BCUT2D eigenvalue weighted by molar-refractivity contribution is -0.409. The van der Waals surface area contributed by atoms with Gasteiger partial charge in [-0.2, -0.15) is 4.89 Å². The van der Waals surface area contributed by atoms with Crippen LogP contribution in [0.5, 0.6) is 0 Å². The van der Waals surface area contributed by atoms with Crippen LogP contribution in [0.25, 0.3) is 0 Å². The fourth-order valence-corrected chi connectivity index (χ4v) is 0.554. The minimum Gasteiger partial charge on any atom is -0.433 e. The predicted octanol–water partition coefficient (Wildman–Crippen LogP) is 2.03. The number of hydrogen-bond acceptors (Lipinski definition) is 4. The molecule has 0 rings (SSSR count). The molecule has 78 valence electrons. The Morgan fingerprint density at radius 3 is 2.23 bits per heavy atom. The fourth-order valence-electron chi connectivity index (χ4n) is 0.554. The molecule has 0 aliphatic heterocycles. The van der Waals surface area contributed by atoms with E-state index in [1.54, 1.807) is 0 Å². The van der Waals surface area contributed by atoms with Crippen LogP contribution in [0.4, 0.5) is 0 Å². The fraction of sp³-hybridized carbons (Fsp3) is 0.889. The monoisotopic (exact) mass is 190 g/mol. The molecule has 0 spiro atoms. The third-order valence-electron chi connectivity index (χ3n) is 1.04. The molecule has 1 atom stereocenters. The Kier molecular flexibility index (Phi) is 4.95. The van der Waals surface area contributed by atoms with E-state index in [0.717, 1.165) is 0 Å². The first-order chi connectivity index (χ1) is 5.85. The van der Waals surface area contributed by atoms with Crippen LogP contribution in [-0.2, 0) is 19.3 Å². The van der Waals surface area contributed by atoms with Gasteiger partial charge in [0.15, 0.2) is 0 Å². The lowest BCUT2D eigenvalue weighted by atomic mass is 10.2. The van der Waals surface area contributed by atoms with Crippen LogP contribution in [-0.4, -0.2) is 17.9 Å². The highest BCUT2D eigenvalue weighted by atomic mass is 17.2. The molecule has 0 saturated carbocycles. The molecular formula is C9H18O4. The van der Waals surface area contributed by atoms with Gasteiger partial charge in [-0.15, -0.1) is 0 Å². The third-order valence-corrected chi connectivity index (χ3v) is 1.04. The second-order valence-corrected chi connectivity index (χ2v) is 3.74. The molecule has 0 aliphatic carbocycles. The van der Waals surface area contributed by atoms with Crippen molar-refractivity contribution in [1.29, 1.82) is 0 Å². The van der Waals surface area contributed by atoms with Crippen molar-refractivity contribution >= 4 is 5.97 Å². The average Bonchev–Trinajstić information content (AvgIpc) is 1.95. The number of carbonyl (C=O) groups excluding carboxylic acids is 1. The van der Waals surface area contributed by atoms with Crippen molar-refractivity contribution in [3.63, 3.8) is 0 Å². The van der Waals surface area contributed by atoms with Crippen LogP contribution in [0.1, 0.15) is 41.0 Å². The molecule has 0 fully saturated rings. The van der Waals surface area contributed by atoms with Crippen molar-refractivity contribution in [3.05, 3.63) is 0 Å². The first-order valence-electron chi connectivity index (χ1n) is 4.37. The van der Waals surface area contributed by atoms with Gasteiger partial charge in [0.25, 0.3) is 0 Å². The van der Waals surface area contributed by atoms with Crippen molar-refractivity contribution in [1.82, 2.24) is 0 Å². The van der Waals surface area contributed by atoms with E-state index in [1.165, 1.54) is 6.92 Å². The van der Waals surface area contributed by atoms with Gasteiger partial charge in [-0.1, -0.05) is 6.92 Å². The summed E-state index contributed by atoms with van der Waals surface area (Å²) in [5.74, 6) is -0.371. The lowest BCUT2D eigenvalue weighted by Gasteiger charge is -2.21. The molecule has 0 heterocycles. The van der Waals surface area contributed by atoms with E-state index in [2.05, 4.69) is 0 Å². The van der Waals surface area contributed by atoms with Gasteiger partial charge in [0, 0.05) is 13.3 Å². The quantitative estimate of drug-likeness (QED) is 0.294. The van der Waals surface area contributed by atoms with Crippen molar-refractivity contribution < 1.29 is 19.3 Å². The number of hydrogen-bond donors (Lipinski definition) is 0. The van der Waals surface area contributed by atoms with Gasteiger partial charge in [-0.3, -0.25) is 4.79 Å². The van der Waals surface area contributed by atoms with E-state index >= 15 is 0 Å². The summed E-state index contributed by atoms with van der Waals surface area (Å²) in [6.45, 7) is 8.75. The van der Waals surface area contributed by atoms with Crippen LogP contribution in [0.3, 0.4) is 0 Å². The minimum atomic E-state index is -0.614. The maximum Gasteiger partial charge on any atom is 0.305 e. The van der Waals surface area contributed by atoms with Crippen molar-refractivity contribution in [2.45, 2.75) is 52.9 Å². The zero-order chi connectivity index (χ0) is 10.5. The molecule has 4 heteroatoms. The summed E-state index contributed by atoms with van der Waals surface area (Å²) in [7, 11) is 0. The van der Waals surface area contributed by atoms with Crippen LogP contribution >= 0.6 is 0 Å². The smallest absolute Gasteiger partial charge is 0.305 e. The minimum absolute atomic E-state index is 0.371. The number of rotatable bonds is 4. The molecule has 0 radical (unpaired) electrons. The summed E-state index contributed by atoms with van der Waals surface area (Å²) < 4.78 is 4.81. The molecular weight excluding hydrogens is 172 g/mol. The second-order valence-electron chi connectivity index (χ2n) is 3.74. The number of ether oxygens (including phenoxy) is 1. The first kappa shape index (κ1) is 12.4. The molecule has 0 aliphatic rings. The maximum absolute atomic E-state index is 10.6. The number of esters is 1. The van der Waals surface area contributed by atoms with E-state index in [-0.39, 0.29) is 5.97 Å². The summed E-state index contributed by atoms with van der Waals surface area (Å²) in [5.41, 5.74) is -0.395. The highest BCUT2D eigenvalue weighted by molar-refractivity contribution is 5.65. The van der Waals surface area contributed by atoms with E-state index in [9.17, 15) is 4.79 Å². The van der Waals surface area contributed by atoms with Crippen molar-refractivity contribution in [2.75, 3.05) is 0 Å². The topological polar surface area (TPSA) is 44.8 Å². The van der Waals surface area contributed by atoms with Gasteiger partial charge in [-0.25, -0.2) is 4.89 Å². The summed E-state index contributed by atoms with van der Waals surface area (Å²) in [6.07, 6.45) is -0.0490. The first-order valence-corrected chi connectivity index (χ1v) is 4.37. The molecule has 4 nitrogen and oxygen atoms in total. The Morgan fingerprint density at radius 1 is 1.38 bits per heavy atom. The predicted molar refractivity (Wildman–Crippen MR) is 47.8 cm³/mol. The SMILES string of the molecule is CC[C@H](OOC(C)(C)C)OC(C)=O. The van der Waals surface area contributed by atoms with Gasteiger partial charge < -0.3 is 4.74 Å². The highest BCUT2D eigenvalue weighted by Crippen LogP contribution is 2.11. The Labute approximate surface area is 79.1 Å². The van der Waals surface area contributed by atoms with Crippen LogP contribution in [0.15, 0.2) is 0 Å². The molecule has 0 N–H and O–H groups in total. The maximum atomic E-state index is 10.6. The zero-order valence-corrected chi connectivity index (χ0v) is 8.92. The Balaban J connectivity index is 3.79. The van der Waals surface area contributed by atoms with E-state index in [1.807, 2.05) is 27.7 Å². The van der Waals surface area contributed by atoms with Crippen LogP contribution < -0.4 is 0 Å². The molecule has 0 aromatic rings. The van der Waals surface area contributed by atoms with Gasteiger partial charge in [-0.05, 0) is 20.8 Å². The van der Waals surface area contributed by atoms with E-state index < -0.39 is 11.9 Å². The Bertz CT molecular complexity index is 159. The summed E-state index contributed by atoms with van der Waals surface area (Å²) >= 11 is 0. The van der Waals surface area contributed by atoms with E-state index in [4.69, 9.17) is 14.5 Å². The molecule has 13 heavy (non-hydrogen) atoms. The Hall–Kier alpha value is -0.610. The molecule has 0 amide bonds. The second kappa shape index (κ2) is 5.19. The summed E-state index contributed by atoms with van der Waals surface area (Å²) in [5, 5.41) is 0. The normalized spacial score (nSPS) is 13.9. The molecule has 0 saturated heterocycles. The summed E-state index contributed by atoms with van der Waals surface area (Å²) in [6, 6.07) is 0. The van der Waals surface area contributed by atoms with Gasteiger partial charge in [0.2, 0.25) is 6.29 Å². The third kappa shape index (κ3) is 7.74. The van der Waals surface area contributed by atoms with Gasteiger partial charge in [0.1, 0.15) is 0 Å². The molecule has 0 unspecified atom stereocenters. The van der Waals surface area contributed by atoms with E-state index in [0.29, 0.717) is 6.42 Å². The largest absolute Gasteiger partial charge is 0.433 e. The molecule has 0 aromatic carbocycles. The Morgan fingerprint density at radius 2 is 1.92 bits per heavy atom. The van der Waals surface area contributed by atoms with Crippen molar-refractivity contribution in [3.8, 4) is 0 Å². The summed E-state index contributed by atoms with van der Waals surface area (Å²) in [4.78, 5) is 20.5. The zero-order valence-electron chi connectivity index (χ0n) is 8.92. The standard InChI is InChI=1S/C9H18O4/c1-6-8(11-7(2)10)12-13-9(3,4)5/h8H,6H2,1-5H3/t8-/m0/s1. The lowest BCUT2D eigenvalue weighted by Crippen LogP contribution is -2.26. The van der Waals surface area contributed by atoms with Crippen LogP contribution in [0, 0.1) is 0 Å².